The van der Waals surface area contributed by atoms with Gasteiger partial charge in [-0.3, -0.25) is 14.2 Å². The fraction of sp³-hybridized carbons (Fsp3) is 0.286. The molecule has 0 unspecified atom stereocenters. The molecule has 4 rings (SSSR count). The number of hydrogen-bond acceptors (Lipinski definition) is 6. The minimum atomic E-state index is -0.0632. The maximum absolute atomic E-state index is 12.9. The second-order valence-electron chi connectivity index (χ2n) is 6.87. The van der Waals surface area contributed by atoms with Crippen LogP contribution in [-0.2, 0) is 20.0 Å². The molecule has 0 N–H and O–H groups in total. The standard InChI is InChI=1S/C21H21N3O2S3/c1-13-11-16(14(2)24(13)8-6-15-5-4-9-27-15)18(25)12-29-21-22-17-7-10-28-19(17)20(26)23(21)3/h4-5,7,9-11H,6,8,12H2,1-3H3. The van der Waals surface area contributed by atoms with Gasteiger partial charge in [-0.15, -0.1) is 22.7 Å². The van der Waals surface area contributed by atoms with Crippen LogP contribution in [0.5, 0.6) is 0 Å². The third-order valence-corrected chi connectivity index (χ3v) is 7.87. The third kappa shape index (κ3) is 3.97. The lowest BCUT2D eigenvalue weighted by atomic mass is 10.2. The molecule has 29 heavy (non-hydrogen) atoms. The Balaban J connectivity index is 1.50. The van der Waals surface area contributed by atoms with Crippen molar-refractivity contribution in [1.82, 2.24) is 14.1 Å². The molecular weight excluding hydrogens is 422 g/mol. The van der Waals surface area contributed by atoms with Crippen LogP contribution in [0.2, 0.25) is 0 Å². The Kier molecular flexibility index (Phi) is 5.76. The second kappa shape index (κ2) is 8.30. The van der Waals surface area contributed by atoms with Gasteiger partial charge in [-0.25, -0.2) is 4.98 Å². The topological polar surface area (TPSA) is 56.9 Å². The van der Waals surface area contributed by atoms with Crippen molar-refractivity contribution in [3.05, 3.63) is 67.2 Å². The molecule has 0 aliphatic carbocycles. The molecule has 4 heterocycles. The molecule has 150 valence electrons. The zero-order valence-electron chi connectivity index (χ0n) is 16.5. The average Bonchev–Trinajstić information content (AvgIpc) is 3.43. The van der Waals surface area contributed by atoms with E-state index in [4.69, 9.17) is 0 Å². The highest BCUT2D eigenvalue weighted by atomic mass is 32.2. The van der Waals surface area contributed by atoms with E-state index in [0.717, 1.165) is 29.9 Å². The summed E-state index contributed by atoms with van der Waals surface area (Å²) in [5.74, 6) is 0.315. The first-order valence-electron chi connectivity index (χ1n) is 9.25. The lowest BCUT2D eigenvalue weighted by Gasteiger charge is -2.09. The number of carbonyl (C=O) groups excluding carboxylic acids is 1. The monoisotopic (exact) mass is 443 g/mol. The molecule has 0 saturated carbocycles. The number of carbonyl (C=O) groups is 1. The highest BCUT2D eigenvalue weighted by Gasteiger charge is 2.18. The Morgan fingerprint density at radius 2 is 2.03 bits per heavy atom. The fourth-order valence-electron chi connectivity index (χ4n) is 3.41. The van der Waals surface area contributed by atoms with Crippen molar-refractivity contribution >= 4 is 50.4 Å². The normalized spacial score (nSPS) is 11.4. The zero-order valence-corrected chi connectivity index (χ0v) is 18.9. The maximum Gasteiger partial charge on any atom is 0.271 e. The first-order chi connectivity index (χ1) is 14.0. The van der Waals surface area contributed by atoms with E-state index in [1.807, 2.05) is 31.4 Å². The van der Waals surface area contributed by atoms with Crippen molar-refractivity contribution in [1.29, 1.82) is 0 Å². The number of rotatable bonds is 7. The molecule has 4 aromatic rings. The van der Waals surface area contributed by atoms with E-state index in [-0.39, 0.29) is 17.1 Å². The van der Waals surface area contributed by atoms with Gasteiger partial charge in [0.2, 0.25) is 0 Å². The van der Waals surface area contributed by atoms with Crippen LogP contribution >= 0.6 is 34.4 Å². The summed E-state index contributed by atoms with van der Waals surface area (Å²) >= 11 is 4.47. The van der Waals surface area contributed by atoms with Gasteiger partial charge in [0.15, 0.2) is 10.9 Å². The number of Topliss-reactive ketones (excluding diaryl/α,β-unsaturated/α-hetero) is 1. The van der Waals surface area contributed by atoms with Crippen molar-refractivity contribution in [2.24, 2.45) is 7.05 Å². The van der Waals surface area contributed by atoms with Gasteiger partial charge in [-0.1, -0.05) is 17.8 Å². The number of nitrogens with zero attached hydrogens (tertiary/aromatic N) is 3. The van der Waals surface area contributed by atoms with Crippen LogP contribution in [0.25, 0.3) is 10.2 Å². The minimum Gasteiger partial charge on any atom is -0.348 e. The number of thiophene rings is 2. The average molecular weight is 444 g/mol. The zero-order chi connectivity index (χ0) is 20.5. The van der Waals surface area contributed by atoms with Crippen molar-refractivity contribution < 1.29 is 4.79 Å². The number of ketones is 1. The Morgan fingerprint density at radius 3 is 2.79 bits per heavy atom. The highest BCUT2D eigenvalue weighted by Crippen LogP contribution is 2.23. The Hall–Kier alpha value is -2.16. The van der Waals surface area contributed by atoms with Gasteiger partial charge in [-0.05, 0) is 49.2 Å². The van der Waals surface area contributed by atoms with E-state index in [1.165, 1.54) is 32.5 Å². The molecule has 5 nitrogen and oxygen atoms in total. The maximum atomic E-state index is 12.9. The quantitative estimate of drug-likeness (QED) is 0.236. The molecule has 0 saturated heterocycles. The van der Waals surface area contributed by atoms with Gasteiger partial charge in [0.25, 0.3) is 5.56 Å². The summed E-state index contributed by atoms with van der Waals surface area (Å²) in [5, 5.41) is 4.52. The van der Waals surface area contributed by atoms with Gasteiger partial charge >= 0.3 is 0 Å². The Labute approximate surface area is 181 Å². The van der Waals surface area contributed by atoms with Crippen LogP contribution in [0, 0.1) is 13.8 Å². The van der Waals surface area contributed by atoms with E-state index < -0.39 is 0 Å². The summed E-state index contributed by atoms with van der Waals surface area (Å²) in [6.07, 6.45) is 0.961. The number of aryl methyl sites for hydroxylation is 2. The molecule has 0 bridgehead atoms. The molecule has 0 atom stereocenters. The summed E-state index contributed by atoms with van der Waals surface area (Å²) in [5.41, 5.74) is 3.48. The van der Waals surface area contributed by atoms with Crippen LogP contribution < -0.4 is 5.56 Å². The number of thioether (sulfide) groups is 1. The number of aromatic nitrogens is 3. The molecule has 0 amide bonds. The fourth-order valence-corrected chi connectivity index (χ4v) is 5.77. The van der Waals surface area contributed by atoms with Crippen LogP contribution in [0.3, 0.4) is 0 Å². The van der Waals surface area contributed by atoms with Gasteiger partial charge in [-0.2, -0.15) is 0 Å². The summed E-state index contributed by atoms with van der Waals surface area (Å²) in [4.78, 5) is 31.2. The predicted octanol–water partition coefficient (Wildman–Crippen LogP) is 4.69. The summed E-state index contributed by atoms with van der Waals surface area (Å²) in [6, 6.07) is 8.02. The smallest absolute Gasteiger partial charge is 0.271 e. The van der Waals surface area contributed by atoms with Crippen molar-refractivity contribution in [2.45, 2.75) is 32.0 Å². The van der Waals surface area contributed by atoms with E-state index >= 15 is 0 Å². The molecule has 0 spiro atoms. The lowest BCUT2D eigenvalue weighted by Crippen LogP contribution is -2.19. The van der Waals surface area contributed by atoms with Crippen LogP contribution in [0.15, 0.2) is 45.0 Å². The van der Waals surface area contributed by atoms with Gasteiger partial charge in [0.1, 0.15) is 4.70 Å². The predicted molar refractivity (Wildman–Crippen MR) is 122 cm³/mol. The highest BCUT2D eigenvalue weighted by molar-refractivity contribution is 7.99. The first-order valence-corrected chi connectivity index (χ1v) is 12.0. The van der Waals surface area contributed by atoms with Gasteiger partial charge in [0, 0.05) is 35.4 Å². The lowest BCUT2D eigenvalue weighted by molar-refractivity contribution is 0.102. The third-order valence-electron chi connectivity index (χ3n) is 5.01. The van der Waals surface area contributed by atoms with Crippen molar-refractivity contribution in [3.8, 4) is 0 Å². The molecule has 0 aromatic carbocycles. The molecular formula is C21H21N3O2S3. The molecule has 4 aromatic heterocycles. The van der Waals surface area contributed by atoms with Gasteiger partial charge in [0.05, 0.1) is 11.3 Å². The first kappa shape index (κ1) is 20.1. The molecule has 0 aliphatic rings. The molecule has 0 radical (unpaired) electrons. The van der Waals surface area contributed by atoms with Crippen LogP contribution in [-0.4, -0.2) is 25.7 Å². The van der Waals surface area contributed by atoms with Crippen LogP contribution in [0.1, 0.15) is 26.6 Å². The largest absolute Gasteiger partial charge is 0.348 e. The second-order valence-corrected chi connectivity index (χ2v) is 9.76. The molecule has 8 heteroatoms. The summed E-state index contributed by atoms with van der Waals surface area (Å²) in [6.45, 7) is 4.91. The van der Waals surface area contributed by atoms with E-state index in [1.54, 1.807) is 18.4 Å². The molecule has 0 fully saturated rings. The number of hydrogen-bond donors (Lipinski definition) is 0. The van der Waals surface area contributed by atoms with Gasteiger partial charge < -0.3 is 4.57 Å². The summed E-state index contributed by atoms with van der Waals surface area (Å²) < 4.78 is 4.39. The van der Waals surface area contributed by atoms with E-state index in [0.29, 0.717) is 15.4 Å². The van der Waals surface area contributed by atoms with Crippen LogP contribution in [0.4, 0.5) is 0 Å². The molecule has 0 aliphatic heterocycles. The number of fused-ring (bicyclic) bond motifs is 1. The van der Waals surface area contributed by atoms with E-state index in [9.17, 15) is 9.59 Å². The Morgan fingerprint density at radius 1 is 1.21 bits per heavy atom. The Bertz CT molecular complexity index is 1230. The van der Waals surface area contributed by atoms with Crippen molar-refractivity contribution in [2.75, 3.05) is 5.75 Å². The SMILES string of the molecule is Cc1cc(C(=O)CSc2nc3ccsc3c(=O)n2C)c(C)n1CCc1cccs1. The minimum absolute atomic E-state index is 0.0603. The van der Waals surface area contributed by atoms with Crippen molar-refractivity contribution in [3.63, 3.8) is 0 Å². The van der Waals surface area contributed by atoms with E-state index in [2.05, 4.69) is 27.1 Å². The summed E-state index contributed by atoms with van der Waals surface area (Å²) in [7, 11) is 1.71.